The van der Waals surface area contributed by atoms with Crippen LogP contribution >= 0.6 is 90.4 Å². The number of carbonyl (C=O) groups excluding carboxylic acids is 1. The van der Waals surface area contributed by atoms with Gasteiger partial charge in [-0.1, -0.05) is 13.8 Å². The number of hydrogen-bond acceptors (Lipinski definition) is 8. The second-order valence-corrected chi connectivity index (χ2v) is 14.6. The van der Waals surface area contributed by atoms with Gasteiger partial charge in [0.05, 0.1) is 38.0 Å². The first-order valence-corrected chi connectivity index (χ1v) is 17.3. The second-order valence-electron chi connectivity index (χ2n) is 9.99. The highest BCUT2D eigenvalue weighted by Gasteiger charge is 2.33. The van der Waals surface area contributed by atoms with Gasteiger partial charge in [0, 0.05) is 0 Å². The lowest BCUT2D eigenvalue weighted by Gasteiger charge is -2.22. The number of hydrogen-bond donors (Lipinski definition) is 5. The van der Waals surface area contributed by atoms with E-state index >= 15 is 0 Å². The van der Waals surface area contributed by atoms with Gasteiger partial charge in [0.2, 0.25) is 0 Å². The van der Waals surface area contributed by atoms with Crippen molar-refractivity contribution in [2.24, 2.45) is 29.4 Å². The summed E-state index contributed by atoms with van der Waals surface area (Å²) in [5.74, 6) is -8.67. The maximum absolute atomic E-state index is 13.0. The molecule has 6 N–H and O–H groups in total. The number of rotatable bonds is 16. The number of halogens is 4. The minimum Gasteiger partial charge on any atom is -0.481 e. The number of nitrogens with two attached hydrogens (primary N) is 1. The van der Waals surface area contributed by atoms with E-state index in [1.807, 2.05) is 90.4 Å². The molecule has 0 aliphatic carbocycles. The van der Waals surface area contributed by atoms with Gasteiger partial charge in [0.25, 0.3) is 0 Å². The van der Waals surface area contributed by atoms with Gasteiger partial charge < -0.3 is 35.6 Å². The van der Waals surface area contributed by atoms with Crippen molar-refractivity contribution in [3.05, 3.63) is 44.1 Å². The lowest BCUT2D eigenvalue weighted by atomic mass is 9.82. The van der Waals surface area contributed by atoms with Crippen molar-refractivity contribution < 1.29 is 53.9 Å². The zero-order valence-corrected chi connectivity index (χ0v) is 31.9. The van der Waals surface area contributed by atoms with Gasteiger partial charge in [-0.15, -0.1) is 0 Å². The number of esters is 1. The molecule has 2 rings (SSSR count). The Kier molecular flexibility index (Phi) is 15.3. The Morgan fingerprint density at radius 2 is 1.14 bits per heavy atom. The van der Waals surface area contributed by atoms with E-state index in [9.17, 15) is 44.4 Å². The van der Waals surface area contributed by atoms with Crippen LogP contribution in [0.25, 0.3) is 0 Å². The zero-order chi connectivity index (χ0) is 33.5. The van der Waals surface area contributed by atoms with E-state index in [4.69, 9.17) is 15.2 Å². The monoisotopic (exact) mass is 1060 g/mol. The predicted octanol–water partition coefficient (Wildman–Crippen LogP) is 6.21. The summed E-state index contributed by atoms with van der Waals surface area (Å²) in [4.78, 5) is 59.5. The summed E-state index contributed by atoms with van der Waals surface area (Å²) in [5.41, 5.74) is 6.16. The zero-order valence-electron chi connectivity index (χ0n) is 23.3. The SMILES string of the molecule is CCC(CC(CC(CC(C)C(=O)Oc1c(I)cc(Oc2c(I)cc(C(N)C(=O)O)cc2I)cc1I)C(=O)O)C(=O)O)C(=O)O. The Morgan fingerprint density at radius 3 is 1.57 bits per heavy atom. The molecule has 16 heteroatoms. The molecule has 0 saturated heterocycles. The van der Waals surface area contributed by atoms with Crippen LogP contribution in [0, 0.1) is 38.0 Å². The van der Waals surface area contributed by atoms with Gasteiger partial charge in [-0.3, -0.25) is 24.0 Å². The fourth-order valence-electron chi connectivity index (χ4n) is 4.26. The Labute approximate surface area is 307 Å². The Morgan fingerprint density at radius 1 is 0.705 bits per heavy atom. The quantitative estimate of drug-likeness (QED) is 0.0723. The first kappa shape index (κ1) is 38.7. The van der Waals surface area contributed by atoms with Gasteiger partial charge in [0.1, 0.15) is 11.8 Å². The molecule has 0 aliphatic rings. The van der Waals surface area contributed by atoms with E-state index in [1.165, 1.54) is 6.92 Å². The van der Waals surface area contributed by atoms with Crippen molar-refractivity contribution in [3.8, 4) is 17.2 Å². The summed E-state index contributed by atoms with van der Waals surface area (Å²) >= 11 is 8.00. The highest BCUT2D eigenvalue weighted by atomic mass is 127. The van der Waals surface area contributed by atoms with Crippen molar-refractivity contribution in [1.82, 2.24) is 0 Å². The molecule has 0 aliphatic heterocycles. The second kappa shape index (κ2) is 17.4. The van der Waals surface area contributed by atoms with Crippen molar-refractivity contribution in [2.75, 3.05) is 0 Å². The van der Waals surface area contributed by atoms with Crippen LogP contribution in [0.4, 0.5) is 0 Å². The third-order valence-electron chi connectivity index (χ3n) is 6.76. The van der Waals surface area contributed by atoms with Crippen LogP contribution in [-0.4, -0.2) is 50.3 Å². The largest absolute Gasteiger partial charge is 0.481 e. The van der Waals surface area contributed by atoms with E-state index in [-0.39, 0.29) is 31.4 Å². The first-order valence-electron chi connectivity index (χ1n) is 13.0. The normalized spacial score (nSPS) is 14.5. The molecule has 0 amide bonds. The molecule has 2 aromatic rings. The fourth-order valence-corrected chi connectivity index (χ4v) is 8.23. The lowest BCUT2D eigenvalue weighted by molar-refractivity contribution is -0.148. The maximum atomic E-state index is 13.0. The predicted molar refractivity (Wildman–Crippen MR) is 191 cm³/mol. The molecule has 0 radical (unpaired) electrons. The van der Waals surface area contributed by atoms with Crippen molar-refractivity contribution in [1.29, 1.82) is 0 Å². The molecule has 0 spiro atoms. The minimum absolute atomic E-state index is 0.200. The van der Waals surface area contributed by atoms with Gasteiger partial charge >= 0.3 is 29.8 Å². The van der Waals surface area contributed by atoms with Crippen molar-refractivity contribution >= 4 is 120 Å². The molecule has 0 heterocycles. The molecule has 44 heavy (non-hydrogen) atoms. The minimum atomic E-state index is -1.29. The summed E-state index contributed by atoms with van der Waals surface area (Å²) in [6.45, 7) is 3.10. The summed E-state index contributed by atoms with van der Waals surface area (Å²) in [7, 11) is 0. The van der Waals surface area contributed by atoms with Crippen molar-refractivity contribution in [2.45, 2.75) is 45.6 Å². The van der Waals surface area contributed by atoms with Gasteiger partial charge in [-0.05, 0) is 146 Å². The number of carboxylic acids is 4. The molecule has 240 valence electrons. The fraction of sp³-hybridized carbons (Fsp3) is 0.393. The third kappa shape index (κ3) is 10.8. The molecule has 12 nitrogen and oxygen atoms in total. The van der Waals surface area contributed by atoms with Gasteiger partial charge in [-0.25, -0.2) is 0 Å². The van der Waals surface area contributed by atoms with E-state index in [0.717, 1.165) is 0 Å². The molecule has 5 unspecified atom stereocenters. The number of benzene rings is 2. The molecule has 0 fully saturated rings. The molecule has 2 aromatic carbocycles. The molecular weight excluding hydrogens is 1030 g/mol. The summed E-state index contributed by atoms with van der Waals surface area (Å²) in [6, 6.07) is 5.36. The Balaban J connectivity index is 2.18. The van der Waals surface area contributed by atoms with E-state index in [2.05, 4.69) is 0 Å². The molecule has 0 saturated carbocycles. The highest BCUT2D eigenvalue weighted by Crippen LogP contribution is 2.38. The Hall–Kier alpha value is -1.53. The van der Waals surface area contributed by atoms with Crippen LogP contribution < -0.4 is 15.2 Å². The Bertz CT molecular complexity index is 1390. The average molecular weight is 1060 g/mol. The van der Waals surface area contributed by atoms with Crippen LogP contribution in [0.15, 0.2) is 24.3 Å². The first-order chi connectivity index (χ1) is 20.5. The van der Waals surface area contributed by atoms with Gasteiger partial charge in [0.15, 0.2) is 11.5 Å². The van der Waals surface area contributed by atoms with Gasteiger partial charge in [-0.2, -0.15) is 0 Å². The smallest absolute Gasteiger partial charge is 0.325 e. The third-order valence-corrected chi connectivity index (χ3v) is 9.96. The standard InChI is InChI=1S/C28H29I4NO11/c1-3-12(24(34)35)5-15(26(38)39)6-14(25(36)37)4-11(2)28(42)44-23-19(31)9-16(10-20(23)32)43-22-17(29)7-13(8-18(22)30)21(33)27(40)41/h7-12,14-15,21H,3-6,33H2,1-2H3,(H,34,35)(H,36,37)(H,38,39)(H,40,41). The molecule has 0 bridgehead atoms. The van der Waals surface area contributed by atoms with Crippen LogP contribution in [-0.2, 0) is 24.0 Å². The van der Waals surface area contributed by atoms with Crippen LogP contribution in [0.3, 0.4) is 0 Å². The average Bonchev–Trinajstić information content (AvgIpc) is 2.92. The van der Waals surface area contributed by atoms with Crippen LogP contribution in [0.2, 0.25) is 0 Å². The topological polar surface area (TPSA) is 211 Å². The van der Waals surface area contributed by atoms with E-state index < -0.39 is 59.6 Å². The molecular formula is C28H29I4NO11. The molecule has 0 aromatic heterocycles. The molecule has 5 atom stereocenters. The number of carbonyl (C=O) groups is 5. The summed E-state index contributed by atoms with van der Waals surface area (Å²) in [6.07, 6.45) is -0.539. The van der Waals surface area contributed by atoms with E-state index in [0.29, 0.717) is 31.3 Å². The number of carboxylic acid groups (broad SMARTS) is 4. The van der Waals surface area contributed by atoms with Crippen LogP contribution in [0.1, 0.15) is 51.1 Å². The summed E-state index contributed by atoms with van der Waals surface area (Å²) < 4.78 is 14.1. The number of aliphatic carboxylic acids is 4. The van der Waals surface area contributed by atoms with Crippen LogP contribution in [0.5, 0.6) is 17.2 Å². The maximum Gasteiger partial charge on any atom is 0.325 e. The van der Waals surface area contributed by atoms with E-state index in [1.54, 1.807) is 31.2 Å². The number of ether oxygens (including phenoxy) is 2. The lowest BCUT2D eigenvalue weighted by Crippen LogP contribution is -2.30. The van der Waals surface area contributed by atoms with Crippen molar-refractivity contribution in [3.63, 3.8) is 0 Å². The summed E-state index contributed by atoms with van der Waals surface area (Å²) in [5, 5.41) is 37.9. The highest BCUT2D eigenvalue weighted by molar-refractivity contribution is 14.1.